The van der Waals surface area contributed by atoms with Crippen molar-refractivity contribution in [3.8, 4) is 5.75 Å². The van der Waals surface area contributed by atoms with Crippen molar-refractivity contribution in [2.75, 3.05) is 13.2 Å². The fourth-order valence-electron chi connectivity index (χ4n) is 1.66. The summed E-state index contributed by atoms with van der Waals surface area (Å²) in [4.78, 5) is 0. The molecule has 0 saturated heterocycles. The van der Waals surface area contributed by atoms with Gasteiger partial charge in [-0.2, -0.15) is 0 Å². The van der Waals surface area contributed by atoms with Crippen LogP contribution in [0.3, 0.4) is 0 Å². The summed E-state index contributed by atoms with van der Waals surface area (Å²) in [6, 6.07) is 8.30. The van der Waals surface area contributed by atoms with Crippen LogP contribution in [0.5, 0.6) is 5.75 Å². The van der Waals surface area contributed by atoms with E-state index in [0.29, 0.717) is 19.2 Å². The standard InChI is InChI=1S/C13H19NO2/c1-2-16-12-5-3-4-10(8-12)13(15)9-14-11-6-7-11/h3-5,8,11,13-15H,2,6-7,9H2,1H3. The molecule has 0 aromatic heterocycles. The second-order valence-electron chi connectivity index (χ2n) is 4.20. The van der Waals surface area contributed by atoms with Gasteiger partial charge in [0.15, 0.2) is 0 Å². The topological polar surface area (TPSA) is 41.5 Å². The third-order valence-electron chi connectivity index (χ3n) is 2.73. The smallest absolute Gasteiger partial charge is 0.119 e. The van der Waals surface area contributed by atoms with Crippen molar-refractivity contribution in [2.45, 2.75) is 31.9 Å². The SMILES string of the molecule is CCOc1cccc(C(O)CNC2CC2)c1. The van der Waals surface area contributed by atoms with E-state index >= 15 is 0 Å². The minimum atomic E-state index is -0.444. The van der Waals surface area contributed by atoms with Gasteiger partial charge in [0.2, 0.25) is 0 Å². The Bertz CT molecular complexity index is 336. The lowest BCUT2D eigenvalue weighted by Gasteiger charge is -2.13. The average molecular weight is 221 g/mol. The van der Waals surface area contributed by atoms with Crippen molar-refractivity contribution >= 4 is 0 Å². The lowest BCUT2D eigenvalue weighted by molar-refractivity contribution is 0.173. The van der Waals surface area contributed by atoms with Crippen molar-refractivity contribution in [2.24, 2.45) is 0 Å². The van der Waals surface area contributed by atoms with Crippen molar-refractivity contribution in [3.63, 3.8) is 0 Å². The highest BCUT2D eigenvalue weighted by molar-refractivity contribution is 5.30. The summed E-state index contributed by atoms with van der Waals surface area (Å²) in [5.74, 6) is 0.825. The quantitative estimate of drug-likeness (QED) is 0.770. The Kier molecular flexibility index (Phi) is 3.80. The van der Waals surface area contributed by atoms with E-state index in [2.05, 4.69) is 5.32 Å². The molecule has 1 unspecified atom stereocenters. The molecule has 1 saturated carbocycles. The lowest BCUT2D eigenvalue weighted by atomic mass is 10.1. The van der Waals surface area contributed by atoms with E-state index in [1.807, 2.05) is 31.2 Å². The minimum absolute atomic E-state index is 0.444. The second-order valence-corrected chi connectivity index (χ2v) is 4.20. The number of hydrogen-bond acceptors (Lipinski definition) is 3. The normalized spacial score (nSPS) is 17.1. The van der Waals surface area contributed by atoms with E-state index in [1.54, 1.807) is 0 Å². The van der Waals surface area contributed by atoms with E-state index in [0.717, 1.165) is 11.3 Å². The molecule has 2 N–H and O–H groups in total. The van der Waals surface area contributed by atoms with Gasteiger partial charge in [0, 0.05) is 12.6 Å². The van der Waals surface area contributed by atoms with Crippen LogP contribution in [-0.4, -0.2) is 24.3 Å². The fourth-order valence-corrected chi connectivity index (χ4v) is 1.66. The van der Waals surface area contributed by atoms with Crippen LogP contribution < -0.4 is 10.1 Å². The molecule has 1 atom stereocenters. The molecular formula is C13H19NO2. The van der Waals surface area contributed by atoms with Gasteiger partial charge in [-0.1, -0.05) is 12.1 Å². The van der Waals surface area contributed by atoms with Gasteiger partial charge in [-0.3, -0.25) is 0 Å². The minimum Gasteiger partial charge on any atom is -0.494 e. The summed E-state index contributed by atoms with van der Waals surface area (Å²) in [5.41, 5.74) is 0.916. The Morgan fingerprint density at radius 1 is 1.50 bits per heavy atom. The number of benzene rings is 1. The van der Waals surface area contributed by atoms with Gasteiger partial charge in [0.25, 0.3) is 0 Å². The van der Waals surface area contributed by atoms with Crippen LogP contribution in [0.1, 0.15) is 31.4 Å². The van der Waals surface area contributed by atoms with Gasteiger partial charge < -0.3 is 15.2 Å². The third-order valence-corrected chi connectivity index (χ3v) is 2.73. The summed E-state index contributed by atoms with van der Waals surface area (Å²) in [7, 11) is 0. The zero-order valence-corrected chi connectivity index (χ0v) is 9.65. The first kappa shape index (κ1) is 11.4. The highest BCUT2D eigenvalue weighted by atomic mass is 16.5. The van der Waals surface area contributed by atoms with Crippen LogP contribution in [0, 0.1) is 0 Å². The van der Waals surface area contributed by atoms with Crippen LogP contribution in [0.4, 0.5) is 0 Å². The monoisotopic (exact) mass is 221 g/mol. The molecule has 2 rings (SSSR count). The molecule has 88 valence electrons. The number of aliphatic hydroxyl groups excluding tert-OH is 1. The average Bonchev–Trinajstić information content (AvgIpc) is 3.10. The van der Waals surface area contributed by atoms with Crippen LogP contribution in [0.15, 0.2) is 24.3 Å². The van der Waals surface area contributed by atoms with Gasteiger partial charge in [-0.15, -0.1) is 0 Å². The molecule has 0 amide bonds. The van der Waals surface area contributed by atoms with Crippen molar-refractivity contribution in [1.29, 1.82) is 0 Å². The number of nitrogens with one attached hydrogen (secondary N) is 1. The molecule has 0 radical (unpaired) electrons. The lowest BCUT2D eigenvalue weighted by Crippen LogP contribution is -2.23. The predicted octanol–water partition coefficient (Wildman–Crippen LogP) is 1.87. The van der Waals surface area contributed by atoms with Crippen LogP contribution in [-0.2, 0) is 0 Å². The first-order valence-corrected chi connectivity index (χ1v) is 5.94. The molecule has 0 aliphatic heterocycles. The molecule has 1 fully saturated rings. The molecule has 1 aliphatic rings. The molecule has 3 heteroatoms. The molecular weight excluding hydrogens is 202 g/mol. The Labute approximate surface area is 96.4 Å². The summed E-state index contributed by atoms with van der Waals surface area (Å²) in [6.45, 7) is 3.23. The van der Waals surface area contributed by atoms with Crippen LogP contribution in [0.25, 0.3) is 0 Å². The largest absolute Gasteiger partial charge is 0.494 e. The fraction of sp³-hybridized carbons (Fsp3) is 0.538. The zero-order chi connectivity index (χ0) is 11.4. The van der Waals surface area contributed by atoms with Crippen molar-refractivity contribution < 1.29 is 9.84 Å². The first-order valence-electron chi connectivity index (χ1n) is 5.94. The van der Waals surface area contributed by atoms with Gasteiger partial charge in [-0.25, -0.2) is 0 Å². The molecule has 0 spiro atoms. The Balaban J connectivity index is 1.92. The van der Waals surface area contributed by atoms with E-state index in [-0.39, 0.29) is 0 Å². The maximum atomic E-state index is 9.97. The number of ether oxygens (including phenoxy) is 1. The maximum absolute atomic E-state index is 9.97. The highest BCUT2D eigenvalue weighted by Gasteiger charge is 2.21. The summed E-state index contributed by atoms with van der Waals surface area (Å²) in [5, 5.41) is 13.3. The number of rotatable bonds is 6. The Hall–Kier alpha value is -1.06. The maximum Gasteiger partial charge on any atom is 0.119 e. The molecule has 16 heavy (non-hydrogen) atoms. The zero-order valence-electron chi connectivity index (χ0n) is 9.65. The summed E-state index contributed by atoms with van der Waals surface area (Å²) < 4.78 is 5.40. The number of aliphatic hydroxyl groups is 1. The summed E-state index contributed by atoms with van der Waals surface area (Å²) in [6.07, 6.45) is 2.04. The van der Waals surface area contributed by atoms with E-state index in [9.17, 15) is 5.11 Å². The molecule has 0 bridgehead atoms. The van der Waals surface area contributed by atoms with Crippen LogP contribution >= 0.6 is 0 Å². The second kappa shape index (κ2) is 5.32. The van der Waals surface area contributed by atoms with Crippen LogP contribution in [0.2, 0.25) is 0 Å². The van der Waals surface area contributed by atoms with Gasteiger partial charge in [-0.05, 0) is 37.5 Å². The van der Waals surface area contributed by atoms with E-state index in [1.165, 1.54) is 12.8 Å². The predicted molar refractivity (Wildman–Crippen MR) is 63.6 cm³/mol. The molecule has 1 aliphatic carbocycles. The Morgan fingerprint density at radius 2 is 2.31 bits per heavy atom. The highest BCUT2D eigenvalue weighted by Crippen LogP contribution is 2.22. The third kappa shape index (κ3) is 3.22. The van der Waals surface area contributed by atoms with Gasteiger partial charge in [0.1, 0.15) is 5.75 Å². The van der Waals surface area contributed by atoms with E-state index < -0.39 is 6.10 Å². The molecule has 1 aromatic carbocycles. The first-order chi connectivity index (χ1) is 7.79. The van der Waals surface area contributed by atoms with Gasteiger partial charge in [0.05, 0.1) is 12.7 Å². The van der Waals surface area contributed by atoms with Crippen molar-refractivity contribution in [3.05, 3.63) is 29.8 Å². The summed E-state index contributed by atoms with van der Waals surface area (Å²) >= 11 is 0. The molecule has 3 nitrogen and oxygen atoms in total. The molecule has 1 aromatic rings. The molecule has 0 heterocycles. The number of hydrogen-bond donors (Lipinski definition) is 2. The van der Waals surface area contributed by atoms with Crippen molar-refractivity contribution in [1.82, 2.24) is 5.32 Å². The van der Waals surface area contributed by atoms with Gasteiger partial charge >= 0.3 is 0 Å². The van der Waals surface area contributed by atoms with E-state index in [4.69, 9.17) is 4.74 Å². The Morgan fingerprint density at radius 3 is 3.00 bits per heavy atom.